The summed E-state index contributed by atoms with van der Waals surface area (Å²) in [4.78, 5) is 9.66. The van der Waals surface area contributed by atoms with E-state index in [1.54, 1.807) is 0 Å². The van der Waals surface area contributed by atoms with Crippen molar-refractivity contribution in [3.05, 3.63) is 33.3 Å². The van der Waals surface area contributed by atoms with E-state index in [2.05, 4.69) is 4.74 Å². The molecule has 1 aromatic rings. The monoisotopic (exact) mass is 287 g/mol. The molecule has 0 aliphatic heterocycles. The molecule has 0 heterocycles. The lowest BCUT2D eigenvalue weighted by atomic mass is 10.3. The van der Waals surface area contributed by atoms with Crippen molar-refractivity contribution in [2.24, 2.45) is 0 Å². The van der Waals surface area contributed by atoms with Gasteiger partial charge in [0.15, 0.2) is 12.4 Å². The first-order valence-electron chi connectivity index (χ1n) is 4.47. The van der Waals surface area contributed by atoms with Crippen molar-refractivity contribution in [1.82, 2.24) is 0 Å². The van der Waals surface area contributed by atoms with Crippen LogP contribution in [0.3, 0.4) is 0 Å². The Hall–Kier alpha value is -1.57. The van der Waals surface area contributed by atoms with Gasteiger partial charge in [0.1, 0.15) is 5.02 Å². The van der Waals surface area contributed by atoms with Crippen LogP contribution in [0.15, 0.2) is 18.2 Å². The molecule has 9 heteroatoms. The first-order valence-corrected chi connectivity index (χ1v) is 4.85. The molecule has 0 aromatic heterocycles. The number of para-hydroxylation sites is 1. The summed E-state index contributed by atoms with van der Waals surface area (Å²) in [6.45, 7) is -1.67. The zero-order chi connectivity index (χ0) is 13.9. The number of nitro groups is 1. The van der Waals surface area contributed by atoms with E-state index in [9.17, 15) is 27.7 Å². The predicted octanol–water partition coefficient (Wildman–Crippen LogP) is 3.53. The highest BCUT2D eigenvalue weighted by atomic mass is 35.5. The van der Waals surface area contributed by atoms with Gasteiger partial charge in [-0.2, -0.15) is 8.78 Å². The fourth-order valence-electron chi connectivity index (χ4n) is 1.03. The molecule has 0 N–H and O–H groups in total. The number of hydrogen-bond acceptors (Lipinski definition) is 3. The van der Waals surface area contributed by atoms with Gasteiger partial charge in [-0.15, -0.1) is 0 Å². The summed E-state index contributed by atoms with van der Waals surface area (Å²) in [5.41, 5.74) is -0.746. The van der Waals surface area contributed by atoms with Crippen LogP contribution >= 0.6 is 11.6 Å². The molecule has 18 heavy (non-hydrogen) atoms. The molecule has 0 radical (unpaired) electrons. The van der Waals surface area contributed by atoms with Crippen LogP contribution in [0, 0.1) is 10.1 Å². The second kappa shape index (κ2) is 5.38. The van der Waals surface area contributed by atoms with Crippen LogP contribution in [0.1, 0.15) is 0 Å². The van der Waals surface area contributed by atoms with Gasteiger partial charge in [0.05, 0.1) is 4.92 Å². The van der Waals surface area contributed by atoms with E-state index in [4.69, 9.17) is 11.6 Å². The number of nitro benzene ring substituents is 1. The number of hydrogen-bond donors (Lipinski definition) is 0. The molecule has 0 bridgehead atoms. The fraction of sp³-hybridized carbons (Fsp3) is 0.333. The zero-order valence-corrected chi connectivity index (χ0v) is 9.33. The van der Waals surface area contributed by atoms with E-state index in [1.165, 1.54) is 6.07 Å². The molecule has 100 valence electrons. The first kappa shape index (κ1) is 14.5. The summed E-state index contributed by atoms with van der Waals surface area (Å²) in [5.74, 6) is -4.98. The van der Waals surface area contributed by atoms with Crippen LogP contribution in [0.5, 0.6) is 5.75 Å². The lowest BCUT2D eigenvalue weighted by molar-refractivity contribution is -0.385. The molecule has 0 saturated carbocycles. The lowest BCUT2D eigenvalue weighted by Crippen LogP contribution is -2.33. The SMILES string of the molecule is O=[N+]([O-])c1c(Cl)cccc1OCC(F)(F)C(F)F. The van der Waals surface area contributed by atoms with Crippen LogP contribution in [0.2, 0.25) is 5.02 Å². The van der Waals surface area contributed by atoms with Crippen molar-refractivity contribution in [2.75, 3.05) is 6.61 Å². The Balaban J connectivity index is 2.92. The summed E-state index contributed by atoms with van der Waals surface area (Å²) in [5, 5.41) is 10.3. The summed E-state index contributed by atoms with van der Waals surface area (Å²) < 4.78 is 53.3. The first-order chi connectivity index (χ1) is 8.25. The number of benzene rings is 1. The minimum absolute atomic E-state index is 0.335. The van der Waals surface area contributed by atoms with Crippen LogP contribution in [-0.4, -0.2) is 23.9 Å². The van der Waals surface area contributed by atoms with Gasteiger partial charge < -0.3 is 4.74 Å². The second-order valence-corrected chi connectivity index (χ2v) is 3.60. The largest absolute Gasteiger partial charge is 0.480 e. The van der Waals surface area contributed by atoms with Gasteiger partial charge >= 0.3 is 18.0 Å². The van der Waals surface area contributed by atoms with Crippen molar-refractivity contribution in [2.45, 2.75) is 12.3 Å². The minimum atomic E-state index is -4.39. The van der Waals surface area contributed by atoms with Crippen LogP contribution < -0.4 is 4.74 Å². The molecule has 0 aliphatic carbocycles. The summed E-state index contributed by atoms with van der Waals surface area (Å²) in [7, 11) is 0. The predicted molar refractivity (Wildman–Crippen MR) is 54.6 cm³/mol. The molecule has 0 saturated heterocycles. The number of alkyl halides is 4. The molecule has 0 aliphatic rings. The summed E-state index contributed by atoms with van der Waals surface area (Å²) in [6, 6.07) is 3.36. The van der Waals surface area contributed by atoms with Gasteiger partial charge in [-0.05, 0) is 12.1 Å². The Bertz CT molecular complexity index is 455. The number of ether oxygens (including phenoxy) is 1. The summed E-state index contributed by atoms with van der Waals surface area (Å²) in [6.07, 6.45) is -3.92. The van der Waals surface area contributed by atoms with Crippen LogP contribution in [0.4, 0.5) is 23.2 Å². The Morgan fingerprint density at radius 2 is 2.06 bits per heavy atom. The summed E-state index contributed by atoms with van der Waals surface area (Å²) >= 11 is 5.48. The van der Waals surface area contributed by atoms with E-state index in [-0.39, 0.29) is 5.02 Å². The number of nitrogens with zero attached hydrogens (tertiary/aromatic N) is 1. The average Bonchev–Trinajstić information content (AvgIpc) is 2.25. The quantitative estimate of drug-likeness (QED) is 0.473. The van der Waals surface area contributed by atoms with Crippen molar-refractivity contribution in [3.8, 4) is 5.75 Å². The van der Waals surface area contributed by atoms with E-state index in [0.717, 1.165) is 12.1 Å². The van der Waals surface area contributed by atoms with E-state index < -0.39 is 35.3 Å². The van der Waals surface area contributed by atoms with Gasteiger partial charge in [0, 0.05) is 0 Å². The smallest absolute Gasteiger partial charge is 0.340 e. The van der Waals surface area contributed by atoms with E-state index in [0.29, 0.717) is 0 Å². The molecule has 4 nitrogen and oxygen atoms in total. The van der Waals surface area contributed by atoms with Crippen molar-refractivity contribution in [3.63, 3.8) is 0 Å². The highest BCUT2D eigenvalue weighted by molar-refractivity contribution is 6.32. The van der Waals surface area contributed by atoms with Crippen LogP contribution in [-0.2, 0) is 0 Å². The Morgan fingerprint density at radius 3 is 2.56 bits per heavy atom. The molecular formula is C9H6ClF4NO3. The van der Waals surface area contributed by atoms with E-state index >= 15 is 0 Å². The topological polar surface area (TPSA) is 52.4 Å². The van der Waals surface area contributed by atoms with Gasteiger partial charge in [-0.1, -0.05) is 17.7 Å². The van der Waals surface area contributed by atoms with E-state index in [1.807, 2.05) is 0 Å². The molecular weight excluding hydrogens is 282 g/mol. The van der Waals surface area contributed by atoms with Gasteiger partial charge in [0.2, 0.25) is 0 Å². The maximum atomic E-state index is 12.6. The average molecular weight is 288 g/mol. The Labute approximate surface area is 103 Å². The lowest BCUT2D eigenvalue weighted by Gasteiger charge is -2.15. The molecule has 1 rings (SSSR count). The molecule has 0 unspecified atom stereocenters. The van der Waals surface area contributed by atoms with Crippen molar-refractivity contribution < 1.29 is 27.2 Å². The van der Waals surface area contributed by atoms with Gasteiger partial charge in [-0.25, -0.2) is 8.78 Å². The number of halogens is 5. The fourth-order valence-corrected chi connectivity index (χ4v) is 1.26. The molecule has 1 aromatic carbocycles. The maximum absolute atomic E-state index is 12.6. The molecule has 0 spiro atoms. The molecule has 0 atom stereocenters. The molecule has 0 fully saturated rings. The zero-order valence-electron chi connectivity index (χ0n) is 8.58. The Morgan fingerprint density at radius 1 is 1.44 bits per heavy atom. The Kier molecular flexibility index (Phi) is 4.33. The number of rotatable bonds is 5. The molecule has 0 amide bonds. The van der Waals surface area contributed by atoms with Crippen molar-refractivity contribution in [1.29, 1.82) is 0 Å². The normalized spacial score (nSPS) is 11.7. The highest BCUT2D eigenvalue weighted by Crippen LogP contribution is 2.35. The third-order valence-electron chi connectivity index (χ3n) is 1.87. The minimum Gasteiger partial charge on any atom is -0.480 e. The van der Waals surface area contributed by atoms with Gasteiger partial charge in [0.25, 0.3) is 0 Å². The third kappa shape index (κ3) is 3.22. The maximum Gasteiger partial charge on any atom is 0.340 e. The standard InChI is InChI=1S/C9H6ClF4NO3/c10-5-2-1-3-6(7(5)15(16)17)18-4-9(13,14)8(11)12/h1-3,8H,4H2. The van der Waals surface area contributed by atoms with Crippen molar-refractivity contribution >= 4 is 17.3 Å². The van der Waals surface area contributed by atoms with Crippen LogP contribution in [0.25, 0.3) is 0 Å². The second-order valence-electron chi connectivity index (χ2n) is 3.19. The third-order valence-corrected chi connectivity index (χ3v) is 2.18. The van der Waals surface area contributed by atoms with Gasteiger partial charge in [-0.3, -0.25) is 10.1 Å². The highest BCUT2D eigenvalue weighted by Gasteiger charge is 2.42.